The van der Waals surface area contributed by atoms with Crippen LogP contribution < -0.4 is 4.74 Å². The van der Waals surface area contributed by atoms with Crippen molar-refractivity contribution in [2.75, 3.05) is 6.54 Å². The third-order valence-corrected chi connectivity index (χ3v) is 6.67. The predicted molar refractivity (Wildman–Crippen MR) is 120 cm³/mol. The molecule has 4 nitrogen and oxygen atoms in total. The van der Waals surface area contributed by atoms with E-state index in [4.69, 9.17) is 9.72 Å². The number of aromatic nitrogens is 1. The van der Waals surface area contributed by atoms with Gasteiger partial charge < -0.3 is 9.64 Å². The molecule has 1 aliphatic rings. The van der Waals surface area contributed by atoms with E-state index in [1.807, 2.05) is 35.2 Å². The zero-order chi connectivity index (χ0) is 21.2. The summed E-state index contributed by atoms with van der Waals surface area (Å²) in [6.07, 6.45) is 1.86. The summed E-state index contributed by atoms with van der Waals surface area (Å²) in [4.78, 5) is 20.2. The maximum atomic E-state index is 13.5. The molecule has 0 N–H and O–H groups in total. The van der Waals surface area contributed by atoms with Crippen molar-refractivity contribution in [1.82, 2.24) is 9.88 Å². The molecule has 1 saturated heterocycles. The van der Waals surface area contributed by atoms with Crippen molar-refractivity contribution in [1.29, 1.82) is 0 Å². The molecule has 0 saturated carbocycles. The molecular weight excluding hydrogens is 411 g/mol. The minimum atomic E-state index is -0.283. The number of nitrogens with zero attached hydrogens (tertiary/aromatic N) is 2. The summed E-state index contributed by atoms with van der Waals surface area (Å²) in [6, 6.07) is 21.5. The van der Waals surface area contributed by atoms with Gasteiger partial charge in [0.15, 0.2) is 0 Å². The average molecular weight is 433 g/mol. The highest BCUT2D eigenvalue weighted by Gasteiger charge is 2.33. The third kappa shape index (κ3) is 4.03. The van der Waals surface area contributed by atoms with E-state index in [1.165, 1.54) is 12.1 Å². The number of hydrogen-bond donors (Lipinski definition) is 0. The van der Waals surface area contributed by atoms with Crippen LogP contribution >= 0.6 is 11.3 Å². The molecule has 0 bridgehead atoms. The molecule has 1 aliphatic heterocycles. The van der Waals surface area contributed by atoms with Gasteiger partial charge in [0.2, 0.25) is 0 Å². The lowest BCUT2D eigenvalue weighted by molar-refractivity contribution is 0.0730. The molecule has 3 aromatic carbocycles. The van der Waals surface area contributed by atoms with E-state index < -0.39 is 0 Å². The van der Waals surface area contributed by atoms with Crippen LogP contribution in [0.4, 0.5) is 4.39 Å². The second-order valence-corrected chi connectivity index (χ2v) is 8.65. The monoisotopic (exact) mass is 432 g/mol. The van der Waals surface area contributed by atoms with Crippen molar-refractivity contribution in [3.63, 3.8) is 0 Å². The molecule has 1 atom stereocenters. The Kier molecular flexibility index (Phi) is 5.38. The number of fused-ring (bicyclic) bond motifs is 1. The fourth-order valence-corrected chi connectivity index (χ4v) is 5.08. The van der Waals surface area contributed by atoms with Crippen LogP contribution in [0, 0.1) is 5.82 Å². The summed E-state index contributed by atoms with van der Waals surface area (Å²) in [5.41, 5.74) is 2.36. The second kappa shape index (κ2) is 8.47. The molecule has 0 aliphatic carbocycles. The SMILES string of the molecule is O=C(c1ccccc1OCc1ccc(F)cc1)N1CCC[C@@H]1c1nc2ccccc2s1. The zero-order valence-electron chi connectivity index (χ0n) is 16.8. The van der Waals surface area contributed by atoms with Crippen LogP contribution in [0.5, 0.6) is 5.75 Å². The molecule has 1 amide bonds. The Morgan fingerprint density at radius 2 is 1.84 bits per heavy atom. The van der Waals surface area contributed by atoms with E-state index in [0.717, 1.165) is 33.6 Å². The van der Waals surface area contributed by atoms with E-state index in [9.17, 15) is 9.18 Å². The van der Waals surface area contributed by atoms with E-state index >= 15 is 0 Å². The summed E-state index contributed by atoms with van der Waals surface area (Å²) in [7, 11) is 0. The number of halogens is 1. The number of ether oxygens (including phenoxy) is 1. The van der Waals surface area contributed by atoms with Gasteiger partial charge in [-0.3, -0.25) is 4.79 Å². The maximum absolute atomic E-state index is 13.5. The summed E-state index contributed by atoms with van der Waals surface area (Å²) in [6.45, 7) is 0.970. The van der Waals surface area contributed by atoms with E-state index in [1.54, 1.807) is 35.6 Å². The van der Waals surface area contributed by atoms with Gasteiger partial charge >= 0.3 is 0 Å². The Hall–Kier alpha value is -3.25. The number of carbonyl (C=O) groups excluding carboxylic acids is 1. The van der Waals surface area contributed by atoms with Gasteiger partial charge in [-0.15, -0.1) is 11.3 Å². The number of likely N-dealkylation sites (tertiary alicyclic amines) is 1. The minimum absolute atomic E-state index is 0.0185. The number of rotatable bonds is 5. The fourth-order valence-electron chi connectivity index (χ4n) is 3.96. The van der Waals surface area contributed by atoms with Gasteiger partial charge in [-0.05, 0) is 54.8 Å². The highest BCUT2D eigenvalue weighted by Crippen LogP contribution is 2.38. The van der Waals surface area contributed by atoms with Gasteiger partial charge in [0.25, 0.3) is 5.91 Å². The molecule has 0 unspecified atom stereocenters. The first kappa shape index (κ1) is 19.7. The van der Waals surface area contributed by atoms with Gasteiger partial charge in [0.05, 0.1) is 21.8 Å². The summed E-state index contributed by atoms with van der Waals surface area (Å²) in [5, 5.41) is 0.983. The quantitative estimate of drug-likeness (QED) is 0.389. The zero-order valence-corrected chi connectivity index (χ0v) is 17.6. The first-order valence-corrected chi connectivity index (χ1v) is 11.1. The van der Waals surface area contributed by atoms with Crippen molar-refractivity contribution in [2.24, 2.45) is 0 Å². The smallest absolute Gasteiger partial charge is 0.258 e. The Morgan fingerprint density at radius 3 is 2.68 bits per heavy atom. The maximum Gasteiger partial charge on any atom is 0.258 e. The lowest BCUT2D eigenvalue weighted by atomic mass is 10.1. The van der Waals surface area contributed by atoms with Gasteiger partial charge in [-0.2, -0.15) is 0 Å². The molecule has 6 heteroatoms. The third-order valence-electron chi connectivity index (χ3n) is 5.53. The van der Waals surface area contributed by atoms with Crippen LogP contribution in [0.3, 0.4) is 0 Å². The molecule has 31 heavy (non-hydrogen) atoms. The molecule has 2 heterocycles. The molecule has 5 rings (SSSR count). The van der Waals surface area contributed by atoms with Gasteiger partial charge in [0, 0.05) is 6.54 Å². The number of benzene rings is 3. The normalized spacial score (nSPS) is 16.0. The van der Waals surface area contributed by atoms with Crippen molar-refractivity contribution >= 4 is 27.5 Å². The summed E-state index contributed by atoms with van der Waals surface area (Å²) in [5.74, 6) is 0.206. The highest BCUT2D eigenvalue weighted by molar-refractivity contribution is 7.18. The van der Waals surface area contributed by atoms with Crippen LogP contribution in [0.2, 0.25) is 0 Å². The number of para-hydroxylation sites is 2. The first-order valence-electron chi connectivity index (χ1n) is 10.3. The molecule has 1 aromatic heterocycles. The fraction of sp³-hybridized carbons (Fsp3) is 0.200. The molecule has 1 fully saturated rings. The van der Waals surface area contributed by atoms with Crippen molar-refractivity contribution in [3.05, 3.63) is 94.7 Å². The number of thiazole rings is 1. The number of hydrogen-bond acceptors (Lipinski definition) is 4. The first-order chi connectivity index (χ1) is 15.2. The lowest BCUT2D eigenvalue weighted by Crippen LogP contribution is -2.30. The van der Waals surface area contributed by atoms with Gasteiger partial charge in [0.1, 0.15) is 23.2 Å². The van der Waals surface area contributed by atoms with E-state index in [0.29, 0.717) is 17.9 Å². The Balaban J connectivity index is 1.38. The van der Waals surface area contributed by atoms with Crippen LogP contribution in [0.25, 0.3) is 10.2 Å². The van der Waals surface area contributed by atoms with E-state index in [-0.39, 0.29) is 24.4 Å². The summed E-state index contributed by atoms with van der Waals surface area (Å²) >= 11 is 1.66. The van der Waals surface area contributed by atoms with Crippen molar-refractivity contribution in [2.45, 2.75) is 25.5 Å². The Bertz CT molecular complexity index is 1190. The molecule has 0 radical (unpaired) electrons. The Morgan fingerprint density at radius 1 is 1.06 bits per heavy atom. The number of carbonyl (C=O) groups is 1. The van der Waals surface area contributed by atoms with Gasteiger partial charge in [-0.1, -0.05) is 36.4 Å². The highest BCUT2D eigenvalue weighted by atomic mass is 32.1. The second-order valence-electron chi connectivity index (χ2n) is 7.59. The summed E-state index contributed by atoms with van der Waals surface area (Å²) < 4.78 is 20.2. The van der Waals surface area contributed by atoms with Crippen LogP contribution in [-0.2, 0) is 6.61 Å². The Labute approximate surface area is 183 Å². The van der Waals surface area contributed by atoms with E-state index in [2.05, 4.69) is 6.07 Å². The van der Waals surface area contributed by atoms with Crippen LogP contribution in [-0.4, -0.2) is 22.3 Å². The lowest BCUT2D eigenvalue weighted by Gasteiger charge is -2.24. The largest absolute Gasteiger partial charge is 0.488 e. The molecule has 156 valence electrons. The topological polar surface area (TPSA) is 42.4 Å². The molecular formula is C25H21FN2O2S. The standard InChI is InChI=1S/C25H21FN2O2S/c26-18-13-11-17(12-14-18)16-30-22-9-3-1-6-19(22)25(29)28-15-5-8-21(28)24-27-20-7-2-4-10-23(20)31-24/h1-4,6-7,9-14,21H,5,8,15-16H2/t21-/m1/s1. The van der Waals surface area contributed by atoms with Crippen LogP contribution in [0.1, 0.15) is 39.8 Å². The van der Waals surface area contributed by atoms with Crippen molar-refractivity contribution in [3.8, 4) is 5.75 Å². The molecule has 0 spiro atoms. The average Bonchev–Trinajstić information content (AvgIpc) is 3.45. The number of amides is 1. The predicted octanol–water partition coefficient (Wildman–Crippen LogP) is 5.99. The minimum Gasteiger partial charge on any atom is -0.488 e. The van der Waals surface area contributed by atoms with Gasteiger partial charge in [-0.25, -0.2) is 9.37 Å². The van der Waals surface area contributed by atoms with Crippen molar-refractivity contribution < 1.29 is 13.9 Å². The molecule has 4 aromatic rings. The van der Waals surface area contributed by atoms with Crippen LogP contribution in [0.15, 0.2) is 72.8 Å².